The summed E-state index contributed by atoms with van der Waals surface area (Å²) in [7, 11) is 0. The van der Waals surface area contributed by atoms with E-state index in [1.54, 1.807) is 29.7 Å². The molecule has 0 radical (unpaired) electrons. The molecule has 3 saturated heterocycles. The molecule has 0 aliphatic carbocycles. The maximum absolute atomic E-state index is 14.9. The van der Waals surface area contributed by atoms with E-state index < -0.39 is 34.2 Å². The molecule has 1 aromatic carbocycles. The molecule has 1 aromatic rings. The lowest BCUT2D eigenvalue weighted by Crippen LogP contribution is -2.60. The Morgan fingerprint density at radius 2 is 1.92 bits per heavy atom. The Morgan fingerprint density at radius 1 is 1.26 bits per heavy atom. The van der Waals surface area contributed by atoms with Crippen molar-refractivity contribution in [1.82, 2.24) is 9.80 Å². The molecule has 3 fully saturated rings. The Balaban J connectivity index is 1.86. The zero-order valence-corrected chi connectivity index (χ0v) is 25.0. The second-order valence-corrected chi connectivity index (χ2v) is 14.6. The maximum Gasteiger partial charge on any atom is 0.310 e. The summed E-state index contributed by atoms with van der Waals surface area (Å²) in [5.41, 5.74) is 0.206. The highest BCUT2D eigenvalue weighted by Gasteiger charge is 2.75. The van der Waals surface area contributed by atoms with Crippen molar-refractivity contribution in [1.29, 1.82) is 0 Å². The number of fused-ring (bicyclic) bond motifs is 1. The zero-order valence-electron chi connectivity index (χ0n) is 24.2. The predicted molar refractivity (Wildman–Crippen MR) is 154 cm³/mol. The van der Waals surface area contributed by atoms with Crippen molar-refractivity contribution in [3.05, 3.63) is 48.6 Å². The first kappa shape index (κ1) is 29.7. The molecular formula is C31H44N2O5S. The molecule has 0 saturated carbocycles. The van der Waals surface area contributed by atoms with Gasteiger partial charge < -0.3 is 19.6 Å². The lowest BCUT2D eigenvalue weighted by atomic mass is 9.71. The maximum atomic E-state index is 14.9. The number of aliphatic hydroxyl groups excluding tert-OH is 1. The van der Waals surface area contributed by atoms with E-state index >= 15 is 0 Å². The number of esters is 1. The topological polar surface area (TPSA) is 87.2 Å². The van der Waals surface area contributed by atoms with Crippen LogP contribution in [0.25, 0.3) is 0 Å². The van der Waals surface area contributed by atoms with Crippen LogP contribution in [0.5, 0.6) is 0 Å². The van der Waals surface area contributed by atoms with Crippen molar-refractivity contribution in [3.8, 4) is 0 Å². The third-order valence-corrected chi connectivity index (χ3v) is 10.4. The summed E-state index contributed by atoms with van der Waals surface area (Å²) in [4.78, 5) is 46.0. The summed E-state index contributed by atoms with van der Waals surface area (Å²) in [6.45, 7) is 16.6. The molecule has 4 rings (SSSR count). The molecule has 2 unspecified atom stereocenters. The number of hydrogen-bond donors (Lipinski definition) is 1. The van der Waals surface area contributed by atoms with Gasteiger partial charge in [-0.1, -0.05) is 57.2 Å². The fourth-order valence-electron chi connectivity index (χ4n) is 7.55. The number of thioether (sulfide) groups is 1. The molecule has 7 nitrogen and oxygen atoms in total. The number of rotatable bonds is 10. The highest BCUT2D eigenvalue weighted by molar-refractivity contribution is 8.02. The molecule has 8 heteroatoms. The first-order valence-corrected chi connectivity index (χ1v) is 15.0. The van der Waals surface area contributed by atoms with E-state index in [9.17, 15) is 19.5 Å². The first-order valence-electron chi connectivity index (χ1n) is 14.1. The van der Waals surface area contributed by atoms with Crippen molar-refractivity contribution in [2.24, 2.45) is 17.3 Å². The Labute approximate surface area is 237 Å². The van der Waals surface area contributed by atoms with Gasteiger partial charge in [0.15, 0.2) is 0 Å². The molecule has 3 aliphatic heterocycles. The van der Waals surface area contributed by atoms with Crippen molar-refractivity contribution in [2.75, 3.05) is 19.8 Å². The number of carbonyl (C=O) groups excluding carboxylic acids is 3. The van der Waals surface area contributed by atoms with E-state index in [-0.39, 0.29) is 41.7 Å². The van der Waals surface area contributed by atoms with E-state index in [2.05, 4.69) is 41.2 Å². The van der Waals surface area contributed by atoms with Gasteiger partial charge in [-0.15, -0.1) is 18.3 Å². The molecule has 39 heavy (non-hydrogen) atoms. The zero-order chi connectivity index (χ0) is 28.8. The van der Waals surface area contributed by atoms with E-state index in [1.807, 2.05) is 35.2 Å². The first-order chi connectivity index (χ1) is 18.3. The van der Waals surface area contributed by atoms with Gasteiger partial charge in [0.1, 0.15) is 6.04 Å². The van der Waals surface area contributed by atoms with Gasteiger partial charge in [0, 0.05) is 17.3 Å². The van der Waals surface area contributed by atoms with Crippen LogP contribution in [0, 0.1) is 17.3 Å². The van der Waals surface area contributed by atoms with Crippen molar-refractivity contribution >= 4 is 29.5 Å². The minimum Gasteiger partial charge on any atom is -0.466 e. The fraction of sp³-hybridized carbons (Fsp3) is 0.645. The van der Waals surface area contributed by atoms with Crippen LogP contribution in [0.3, 0.4) is 0 Å². The summed E-state index contributed by atoms with van der Waals surface area (Å²) in [6.07, 6.45) is 3.90. The van der Waals surface area contributed by atoms with Gasteiger partial charge >= 0.3 is 5.97 Å². The Bertz CT molecular complexity index is 1100. The smallest absolute Gasteiger partial charge is 0.310 e. The average molecular weight is 557 g/mol. The van der Waals surface area contributed by atoms with Crippen LogP contribution in [0.15, 0.2) is 43.0 Å². The van der Waals surface area contributed by atoms with E-state index in [0.717, 1.165) is 18.4 Å². The van der Waals surface area contributed by atoms with Gasteiger partial charge in [-0.05, 0) is 51.0 Å². The SMILES string of the molecule is C=CCN(C(=O)C1N([C@H](CO)c2ccccc2)C(=O)[C@@H]2[C@@H](C(=O)OCC)[C@H]3CCC12S3)C(C)(C)CC(C)(C)C. The van der Waals surface area contributed by atoms with E-state index in [4.69, 9.17) is 4.74 Å². The quantitative estimate of drug-likeness (QED) is 0.335. The van der Waals surface area contributed by atoms with Gasteiger partial charge in [0.25, 0.3) is 0 Å². The highest BCUT2D eigenvalue weighted by Crippen LogP contribution is 2.67. The lowest BCUT2D eigenvalue weighted by molar-refractivity contribution is -0.154. The molecule has 3 heterocycles. The summed E-state index contributed by atoms with van der Waals surface area (Å²) in [6, 6.07) is 7.85. The molecule has 3 aliphatic rings. The van der Waals surface area contributed by atoms with Crippen LogP contribution in [0.4, 0.5) is 0 Å². The summed E-state index contributed by atoms with van der Waals surface area (Å²) >= 11 is 1.62. The highest BCUT2D eigenvalue weighted by atomic mass is 32.2. The largest absolute Gasteiger partial charge is 0.466 e. The van der Waals surface area contributed by atoms with Crippen molar-refractivity contribution in [3.63, 3.8) is 0 Å². The van der Waals surface area contributed by atoms with E-state index in [0.29, 0.717) is 13.0 Å². The number of likely N-dealkylation sites (tertiary alicyclic amines) is 1. The number of aliphatic hydroxyl groups is 1. The number of ether oxygens (including phenoxy) is 1. The van der Waals surface area contributed by atoms with Crippen LogP contribution < -0.4 is 0 Å². The molecule has 1 spiro atoms. The molecule has 1 N–H and O–H groups in total. The van der Waals surface area contributed by atoms with Crippen LogP contribution in [0.1, 0.15) is 72.4 Å². The number of hydrogen-bond acceptors (Lipinski definition) is 6. The van der Waals surface area contributed by atoms with Gasteiger partial charge in [-0.3, -0.25) is 14.4 Å². The van der Waals surface area contributed by atoms with Crippen LogP contribution in [-0.2, 0) is 19.1 Å². The Hall–Kier alpha value is -2.32. The van der Waals surface area contributed by atoms with Crippen molar-refractivity contribution in [2.45, 2.75) is 88.4 Å². The normalized spacial score (nSPS) is 28.8. The second kappa shape index (κ2) is 10.9. The monoisotopic (exact) mass is 556 g/mol. The fourth-order valence-corrected chi connectivity index (χ4v) is 9.73. The summed E-state index contributed by atoms with van der Waals surface area (Å²) in [5, 5.41) is 10.6. The van der Waals surface area contributed by atoms with Crippen LogP contribution in [0.2, 0.25) is 0 Å². The summed E-state index contributed by atoms with van der Waals surface area (Å²) < 4.78 is 4.69. The third kappa shape index (κ3) is 5.15. The van der Waals surface area contributed by atoms with Crippen molar-refractivity contribution < 1.29 is 24.2 Å². The molecule has 0 aromatic heterocycles. The summed E-state index contributed by atoms with van der Waals surface area (Å²) in [5.74, 6) is -2.01. The van der Waals surface area contributed by atoms with Gasteiger partial charge in [-0.2, -0.15) is 0 Å². The lowest BCUT2D eigenvalue weighted by Gasteiger charge is -2.46. The van der Waals surface area contributed by atoms with Crippen LogP contribution in [-0.4, -0.2) is 74.0 Å². The number of carbonyl (C=O) groups is 3. The third-order valence-electron chi connectivity index (χ3n) is 8.50. The average Bonchev–Trinajstić information content (AvgIpc) is 3.50. The molecular weight excluding hydrogens is 512 g/mol. The van der Waals surface area contributed by atoms with Gasteiger partial charge in [0.2, 0.25) is 11.8 Å². The number of nitrogens with zero attached hydrogens (tertiary/aromatic N) is 2. The van der Waals surface area contributed by atoms with Crippen LogP contribution >= 0.6 is 11.8 Å². The predicted octanol–water partition coefficient (Wildman–Crippen LogP) is 4.60. The molecule has 2 bridgehead atoms. The Kier molecular flexibility index (Phi) is 8.31. The van der Waals surface area contributed by atoms with E-state index in [1.165, 1.54) is 0 Å². The molecule has 2 amide bonds. The molecule has 214 valence electrons. The number of benzene rings is 1. The van der Waals surface area contributed by atoms with Gasteiger partial charge in [-0.25, -0.2) is 0 Å². The standard InChI is InChI=1S/C31H44N2O5S/c1-8-17-32(30(6,7)19-29(3,4)5)27(36)25-31-16-15-22(39-31)23(28(37)38-9-2)24(31)26(35)33(25)21(18-34)20-13-11-10-12-14-20/h8,10-14,21-25,34H,1,9,15-19H2,2-7H3/t21-,22-,23+,24+,25?,31?/m1/s1. The minimum absolute atomic E-state index is 0.0392. The van der Waals surface area contributed by atoms with Gasteiger partial charge in [0.05, 0.1) is 35.8 Å². The Morgan fingerprint density at radius 3 is 2.49 bits per heavy atom. The minimum atomic E-state index is -0.819. The second-order valence-electron chi connectivity index (χ2n) is 12.9. The number of amides is 2. The molecule has 6 atom stereocenters.